The monoisotopic (exact) mass is 306 g/mol. The second-order valence-electron chi connectivity index (χ2n) is 6.24. The lowest BCUT2D eigenvalue weighted by atomic mass is 9.75. The normalized spacial score (nSPS) is 19.6. The molecule has 3 aromatic carbocycles. The van der Waals surface area contributed by atoms with E-state index < -0.39 is 5.41 Å². The number of phenols is 1. The molecule has 0 fully saturated rings. The Morgan fingerprint density at radius 2 is 1.83 bits per heavy atom. The Bertz CT molecular complexity index is 883. The van der Waals surface area contributed by atoms with Crippen molar-refractivity contribution in [3.05, 3.63) is 71.3 Å². The fourth-order valence-electron chi connectivity index (χ4n) is 3.54. The molecule has 1 heterocycles. The van der Waals surface area contributed by atoms with Crippen LogP contribution in [-0.4, -0.2) is 23.4 Å². The number of aromatic hydroxyl groups is 1. The lowest BCUT2D eigenvalue weighted by molar-refractivity contribution is 0.185. The molecule has 23 heavy (non-hydrogen) atoms. The maximum absolute atomic E-state index is 10.3. The van der Waals surface area contributed by atoms with Crippen LogP contribution in [0.25, 0.3) is 10.8 Å². The van der Waals surface area contributed by atoms with Gasteiger partial charge in [0.15, 0.2) is 0 Å². The fraction of sp³-hybridized carbons (Fsp3) is 0.200. The van der Waals surface area contributed by atoms with Crippen molar-refractivity contribution in [2.45, 2.75) is 12.3 Å². The smallest absolute Gasteiger partial charge is 0.124 e. The number of aliphatic hydroxyl groups excluding tert-OH is 1. The molecule has 1 aliphatic rings. The zero-order chi connectivity index (χ0) is 16.0. The van der Waals surface area contributed by atoms with Crippen molar-refractivity contribution in [1.82, 2.24) is 0 Å². The molecule has 0 bridgehead atoms. The van der Waals surface area contributed by atoms with Crippen LogP contribution >= 0.6 is 0 Å². The van der Waals surface area contributed by atoms with Crippen LogP contribution in [0.5, 0.6) is 11.5 Å². The standard InChI is InChI=1S/C20H18O3/c1-13-2-8-17-14(10-13)3-9-18-19(17)20(11-21,12-23-18)15-4-6-16(22)7-5-15/h2-10,21-22H,11-12H2,1H3. The Hall–Kier alpha value is -2.52. The number of ether oxygens (including phenoxy) is 1. The summed E-state index contributed by atoms with van der Waals surface area (Å²) in [6, 6.07) is 17.4. The summed E-state index contributed by atoms with van der Waals surface area (Å²) >= 11 is 0. The predicted molar refractivity (Wildman–Crippen MR) is 90.2 cm³/mol. The molecule has 0 aliphatic carbocycles. The Morgan fingerprint density at radius 1 is 1.04 bits per heavy atom. The molecule has 0 saturated carbocycles. The summed E-state index contributed by atoms with van der Waals surface area (Å²) in [7, 11) is 0. The molecule has 0 aromatic heterocycles. The molecule has 3 heteroatoms. The number of aliphatic hydroxyl groups is 1. The minimum absolute atomic E-state index is 0.0439. The molecule has 0 spiro atoms. The number of benzene rings is 3. The molecule has 0 saturated heterocycles. The highest BCUT2D eigenvalue weighted by molar-refractivity contribution is 5.90. The van der Waals surface area contributed by atoms with Gasteiger partial charge < -0.3 is 14.9 Å². The highest BCUT2D eigenvalue weighted by Gasteiger charge is 2.43. The number of hydrogen-bond donors (Lipinski definition) is 2. The molecule has 3 aromatic rings. The minimum Gasteiger partial charge on any atom is -0.508 e. The van der Waals surface area contributed by atoms with E-state index in [4.69, 9.17) is 4.74 Å². The van der Waals surface area contributed by atoms with E-state index in [9.17, 15) is 10.2 Å². The average molecular weight is 306 g/mol. The Labute approximate surface area is 134 Å². The summed E-state index contributed by atoms with van der Waals surface area (Å²) in [6.07, 6.45) is 0. The topological polar surface area (TPSA) is 49.7 Å². The number of fused-ring (bicyclic) bond motifs is 3. The third-order valence-electron chi connectivity index (χ3n) is 4.78. The third-order valence-corrected chi connectivity index (χ3v) is 4.78. The van der Waals surface area contributed by atoms with E-state index in [2.05, 4.69) is 31.2 Å². The quantitative estimate of drug-likeness (QED) is 0.761. The van der Waals surface area contributed by atoms with Gasteiger partial charge in [0.2, 0.25) is 0 Å². The second kappa shape index (κ2) is 5.00. The van der Waals surface area contributed by atoms with Crippen molar-refractivity contribution < 1.29 is 14.9 Å². The van der Waals surface area contributed by atoms with Crippen LogP contribution < -0.4 is 4.74 Å². The number of aryl methyl sites for hydroxylation is 1. The van der Waals surface area contributed by atoms with E-state index in [-0.39, 0.29) is 12.4 Å². The van der Waals surface area contributed by atoms with Crippen LogP contribution in [-0.2, 0) is 5.41 Å². The molecular formula is C20H18O3. The molecule has 116 valence electrons. The average Bonchev–Trinajstić information content (AvgIpc) is 2.95. The van der Waals surface area contributed by atoms with Gasteiger partial charge in [-0.2, -0.15) is 0 Å². The zero-order valence-corrected chi connectivity index (χ0v) is 12.9. The van der Waals surface area contributed by atoms with Crippen LogP contribution in [0.2, 0.25) is 0 Å². The van der Waals surface area contributed by atoms with Crippen molar-refractivity contribution in [1.29, 1.82) is 0 Å². The van der Waals surface area contributed by atoms with Gasteiger partial charge >= 0.3 is 0 Å². The lowest BCUT2D eigenvalue weighted by Gasteiger charge is -2.27. The fourth-order valence-corrected chi connectivity index (χ4v) is 3.54. The summed E-state index contributed by atoms with van der Waals surface area (Å²) in [5, 5.41) is 22.1. The lowest BCUT2D eigenvalue weighted by Crippen LogP contribution is -2.34. The van der Waals surface area contributed by atoms with Gasteiger partial charge in [-0.3, -0.25) is 0 Å². The maximum Gasteiger partial charge on any atom is 0.124 e. The van der Waals surface area contributed by atoms with E-state index in [0.717, 1.165) is 27.6 Å². The summed E-state index contributed by atoms with van der Waals surface area (Å²) in [4.78, 5) is 0. The van der Waals surface area contributed by atoms with Crippen LogP contribution in [0.1, 0.15) is 16.7 Å². The van der Waals surface area contributed by atoms with Crippen LogP contribution in [0.3, 0.4) is 0 Å². The molecule has 0 amide bonds. The van der Waals surface area contributed by atoms with E-state index in [0.29, 0.717) is 6.61 Å². The van der Waals surface area contributed by atoms with Crippen LogP contribution in [0.4, 0.5) is 0 Å². The van der Waals surface area contributed by atoms with Crippen molar-refractivity contribution in [2.75, 3.05) is 13.2 Å². The van der Waals surface area contributed by atoms with Gasteiger partial charge in [-0.1, -0.05) is 42.0 Å². The highest BCUT2D eigenvalue weighted by Crippen LogP contribution is 2.47. The Morgan fingerprint density at radius 3 is 2.57 bits per heavy atom. The van der Waals surface area contributed by atoms with Crippen molar-refractivity contribution in [3.8, 4) is 11.5 Å². The third kappa shape index (κ3) is 2.01. The first-order valence-corrected chi connectivity index (χ1v) is 7.71. The Balaban J connectivity index is 2.02. The molecule has 1 aliphatic heterocycles. The minimum atomic E-state index is -0.599. The van der Waals surface area contributed by atoms with Crippen molar-refractivity contribution >= 4 is 10.8 Å². The number of hydrogen-bond acceptors (Lipinski definition) is 3. The molecule has 1 atom stereocenters. The van der Waals surface area contributed by atoms with E-state index in [1.165, 1.54) is 5.56 Å². The van der Waals surface area contributed by atoms with E-state index in [1.54, 1.807) is 12.1 Å². The summed E-state index contributed by atoms with van der Waals surface area (Å²) < 4.78 is 5.91. The first-order valence-electron chi connectivity index (χ1n) is 7.71. The second-order valence-corrected chi connectivity index (χ2v) is 6.24. The summed E-state index contributed by atoms with van der Waals surface area (Å²) in [6.45, 7) is 2.43. The molecular weight excluding hydrogens is 288 g/mol. The van der Waals surface area contributed by atoms with Gasteiger partial charge in [-0.15, -0.1) is 0 Å². The molecule has 2 N–H and O–H groups in total. The molecule has 3 nitrogen and oxygen atoms in total. The summed E-state index contributed by atoms with van der Waals surface area (Å²) in [5.74, 6) is 1.04. The first-order chi connectivity index (χ1) is 11.1. The van der Waals surface area contributed by atoms with Crippen LogP contribution in [0, 0.1) is 6.92 Å². The largest absolute Gasteiger partial charge is 0.508 e. The first kappa shape index (κ1) is 14.1. The summed E-state index contributed by atoms with van der Waals surface area (Å²) in [5.41, 5.74) is 2.58. The van der Waals surface area contributed by atoms with Gasteiger partial charge in [0.05, 0.1) is 12.0 Å². The zero-order valence-electron chi connectivity index (χ0n) is 12.9. The van der Waals surface area contributed by atoms with Gasteiger partial charge in [-0.05, 0) is 41.5 Å². The molecule has 0 radical (unpaired) electrons. The van der Waals surface area contributed by atoms with E-state index >= 15 is 0 Å². The molecule has 1 unspecified atom stereocenters. The van der Waals surface area contributed by atoms with Gasteiger partial charge in [0, 0.05) is 5.56 Å². The SMILES string of the molecule is Cc1ccc2c3c(ccc2c1)OCC3(CO)c1ccc(O)cc1. The van der Waals surface area contributed by atoms with Crippen LogP contribution in [0.15, 0.2) is 54.6 Å². The van der Waals surface area contributed by atoms with Crippen molar-refractivity contribution in [3.63, 3.8) is 0 Å². The van der Waals surface area contributed by atoms with E-state index in [1.807, 2.05) is 18.2 Å². The van der Waals surface area contributed by atoms with Gasteiger partial charge in [0.1, 0.15) is 18.1 Å². The van der Waals surface area contributed by atoms with Gasteiger partial charge in [-0.25, -0.2) is 0 Å². The highest BCUT2D eigenvalue weighted by atomic mass is 16.5. The number of rotatable bonds is 2. The van der Waals surface area contributed by atoms with Gasteiger partial charge in [0.25, 0.3) is 0 Å². The number of phenolic OH excluding ortho intramolecular Hbond substituents is 1. The molecule has 4 rings (SSSR count). The predicted octanol–water partition coefficient (Wildman–Crippen LogP) is 3.52. The maximum atomic E-state index is 10.3. The van der Waals surface area contributed by atoms with Crippen molar-refractivity contribution in [2.24, 2.45) is 0 Å². The Kier molecular flexibility index (Phi) is 3.06.